The molecule has 9 nitrogen and oxygen atoms in total. The van der Waals surface area contributed by atoms with Gasteiger partial charge in [-0.15, -0.1) is 6.58 Å². The highest BCUT2D eigenvalue weighted by Crippen LogP contribution is 2.27. The third-order valence-electron chi connectivity index (χ3n) is 3.96. The van der Waals surface area contributed by atoms with E-state index < -0.39 is 11.8 Å². The quantitative estimate of drug-likeness (QED) is 0.611. The maximum absolute atomic E-state index is 12.2. The summed E-state index contributed by atoms with van der Waals surface area (Å²) in [6.07, 6.45) is 3.89. The van der Waals surface area contributed by atoms with Crippen molar-refractivity contribution in [3.05, 3.63) is 24.4 Å². The van der Waals surface area contributed by atoms with Crippen molar-refractivity contribution in [2.75, 3.05) is 11.9 Å². The van der Waals surface area contributed by atoms with Gasteiger partial charge in [0.05, 0.1) is 11.6 Å². The molecule has 1 fully saturated rings. The number of nitrogens with one attached hydrogen (secondary N) is 2. The molecule has 2 N–H and O–H groups in total. The predicted octanol–water partition coefficient (Wildman–Crippen LogP) is 0.418. The second kappa shape index (κ2) is 6.80. The van der Waals surface area contributed by atoms with E-state index >= 15 is 0 Å². The van der Waals surface area contributed by atoms with E-state index in [9.17, 15) is 14.4 Å². The third kappa shape index (κ3) is 3.39. The minimum atomic E-state index is -0.850. The van der Waals surface area contributed by atoms with Crippen LogP contribution in [0.3, 0.4) is 0 Å². The molecule has 2 aliphatic rings. The lowest BCUT2D eigenvalue weighted by molar-refractivity contribution is -0.136. The summed E-state index contributed by atoms with van der Waals surface area (Å²) in [7, 11) is 0. The summed E-state index contributed by atoms with van der Waals surface area (Å²) < 4.78 is 1.27. The lowest BCUT2D eigenvalue weighted by Crippen LogP contribution is -2.36. The molecule has 25 heavy (non-hydrogen) atoms. The number of aryl methyl sites for hydroxylation is 1. The average molecular weight is 342 g/mol. The Hall–Kier alpha value is -3.10. The van der Waals surface area contributed by atoms with Gasteiger partial charge in [-0.25, -0.2) is 4.99 Å². The molecule has 0 radical (unpaired) electrons. The summed E-state index contributed by atoms with van der Waals surface area (Å²) in [6, 6.07) is 1.58. The molecule has 9 heteroatoms. The lowest BCUT2D eigenvalue weighted by atomic mass is 10.1. The fourth-order valence-corrected chi connectivity index (χ4v) is 2.81. The molecule has 1 atom stereocenters. The highest BCUT2D eigenvalue weighted by Gasteiger charge is 2.33. The molecule has 1 unspecified atom stereocenters. The third-order valence-corrected chi connectivity index (χ3v) is 3.96. The minimum Gasteiger partial charge on any atom is -0.344 e. The molecular weight excluding hydrogens is 324 g/mol. The monoisotopic (exact) mass is 342 g/mol. The normalized spacial score (nSPS) is 18.9. The average Bonchev–Trinajstić information content (AvgIpc) is 3.19. The van der Waals surface area contributed by atoms with Crippen LogP contribution in [-0.2, 0) is 14.4 Å². The lowest BCUT2D eigenvalue weighted by Gasteiger charge is -2.15. The van der Waals surface area contributed by atoms with Gasteiger partial charge in [0.2, 0.25) is 0 Å². The van der Waals surface area contributed by atoms with Crippen LogP contribution >= 0.6 is 0 Å². The molecular formula is C16H18N6O3. The van der Waals surface area contributed by atoms with Crippen molar-refractivity contribution < 1.29 is 14.4 Å². The number of anilines is 1. The van der Waals surface area contributed by atoms with E-state index in [1.807, 2.05) is 0 Å². The van der Waals surface area contributed by atoms with Gasteiger partial charge in [-0.05, 0) is 26.2 Å². The maximum Gasteiger partial charge on any atom is 0.314 e. The van der Waals surface area contributed by atoms with E-state index in [2.05, 4.69) is 32.3 Å². The number of rotatable bonds is 3. The van der Waals surface area contributed by atoms with E-state index in [1.54, 1.807) is 13.0 Å². The number of amides is 3. The number of aromatic nitrogens is 2. The fourth-order valence-electron chi connectivity index (χ4n) is 2.81. The van der Waals surface area contributed by atoms with Crippen molar-refractivity contribution in [2.45, 2.75) is 26.2 Å². The molecule has 1 aromatic rings. The van der Waals surface area contributed by atoms with Gasteiger partial charge in [0.25, 0.3) is 11.9 Å². The molecule has 1 aliphatic heterocycles. The van der Waals surface area contributed by atoms with E-state index in [4.69, 9.17) is 0 Å². The number of fused-ring (bicyclic) bond motifs is 1. The number of nitrogens with zero attached hydrogens (tertiary/aromatic N) is 4. The van der Waals surface area contributed by atoms with Crippen LogP contribution in [-0.4, -0.2) is 45.7 Å². The first-order chi connectivity index (χ1) is 12.0. The van der Waals surface area contributed by atoms with Gasteiger partial charge in [-0.3, -0.25) is 14.4 Å². The standard InChI is InChI=1S/C16H18N6O3/c1-3-7-17-14(24)15(25)19-12-8-9(2)21-22(12)16-18-11-6-4-5-10(11)13(23)20-16/h3,8,10H,1,4-7H2,2H3,(H,17,24)(H,19,25). The number of carbonyl (C=O) groups excluding carboxylic acids is 3. The maximum atomic E-state index is 12.2. The number of hydrogen-bond acceptors (Lipinski definition) is 5. The van der Waals surface area contributed by atoms with Crippen molar-refractivity contribution >= 4 is 35.2 Å². The van der Waals surface area contributed by atoms with Crippen LogP contribution in [0.1, 0.15) is 25.0 Å². The first kappa shape index (κ1) is 16.7. The number of hydrogen-bond donors (Lipinski definition) is 2. The first-order valence-electron chi connectivity index (χ1n) is 7.96. The van der Waals surface area contributed by atoms with Crippen LogP contribution < -0.4 is 10.6 Å². The van der Waals surface area contributed by atoms with Crippen LogP contribution in [0.25, 0.3) is 0 Å². The molecule has 1 saturated carbocycles. The highest BCUT2D eigenvalue weighted by atomic mass is 16.2. The molecule has 3 amide bonds. The van der Waals surface area contributed by atoms with E-state index in [-0.39, 0.29) is 30.1 Å². The zero-order valence-electron chi connectivity index (χ0n) is 13.8. The summed E-state index contributed by atoms with van der Waals surface area (Å²) in [5.41, 5.74) is 1.38. The van der Waals surface area contributed by atoms with Gasteiger partial charge < -0.3 is 10.6 Å². The summed E-state index contributed by atoms with van der Waals surface area (Å²) in [5.74, 6) is -1.79. The smallest absolute Gasteiger partial charge is 0.314 e. The Morgan fingerprint density at radius 3 is 2.96 bits per heavy atom. The van der Waals surface area contributed by atoms with Gasteiger partial charge in [0.1, 0.15) is 5.82 Å². The van der Waals surface area contributed by atoms with Crippen LogP contribution in [0.4, 0.5) is 5.82 Å². The molecule has 3 rings (SSSR count). The Morgan fingerprint density at radius 1 is 1.40 bits per heavy atom. The van der Waals surface area contributed by atoms with Crippen LogP contribution in [0.15, 0.2) is 28.7 Å². The Labute approximate surface area is 143 Å². The Morgan fingerprint density at radius 2 is 2.20 bits per heavy atom. The first-order valence-corrected chi connectivity index (χ1v) is 7.96. The van der Waals surface area contributed by atoms with E-state index in [1.165, 1.54) is 10.8 Å². The summed E-state index contributed by atoms with van der Waals surface area (Å²) in [4.78, 5) is 44.2. The zero-order valence-corrected chi connectivity index (χ0v) is 13.8. The largest absolute Gasteiger partial charge is 0.344 e. The minimum absolute atomic E-state index is 0.105. The number of carbonyl (C=O) groups is 3. The molecule has 1 aliphatic carbocycles. The Kier molecular flexibility index (Phi) is 4.55. The molecule has 130 valence electrons. The topological polar surface area (TPSA) is 118 Å². The molecule has 0 saturated heterocycles. The van der Waals surface area contributed by atoms with E-state index in [0.717, 1.165) is 25.0 Å². The molecule has 2 heterocycles. The van der Waals surface area contributed by atoms with Gasteiger partial charge in [-0.2, -0.15) is 14.8 Å². The molecule has 0 aromatic carbocycles. The second-order valence-corrected chi connectivity index (χ2v) is 5.83. The van der Waals surface area contributed by atoms with E-state index in [0.29, 0.717) is 5.69 Å². The van der Waals surface area contributed by atoms with Gasteiger partial charge in [-0.1, -0.05) is 6.08 Å². The molecule has 0 spiro atoms. The zero-order chi connectivity index (χ0) is 18.0. The SMILES string of the molecule is C=CCNC(=O)C(=O)Nc1cc(C)nn1C1=NC(=O)C2CCCC2=N1. The van der Waals surface area contributed by atoms with Crippen molar-refractivity contribution in [1.82, 2.24) is 15.1 Å². The summed E-state index contributed by atoms with van der Waals surface area (Å²) in [6.45, 7) is 5.37. The van der Waals surface area contributed by atoms with Crippen molar-refractivity contribution in [3.63, 3.8) is 0 Å². The molecule has 1 aromatic heterocycles. The van der Waals surface area contributed by atoms with Gasteiger partial charge in [0, 0.05) is 18.3 Å². The van der Waals surface area contributed by atoms with Crippen LogP contribution in [0.2, 0.25) is 0 Å². The summed E-state index contributed by atoms with van der Waals surface area (Å²) in [5, 5.41) is 9.07. The van der Waals surface area contributed by atoms with Gasteiger partial charge in [0.15, 0.2) is 0 Å². The van der Waals surface area contributed by atoms with Crippen LogP contribution in [0.5, 0.6) is 0 Å². The van der Waals surface area contributed by atoms with Gasteiger partial charge >= 0.3 is 11.8 Å². The predicted molar refractivity (Wildman–Crippen MR) is 91.4 cm³/mol. The van der Waals surface area contributed by atoms with Crippen molar-refractivity contribution in [1.29, 1.82) is 0 Å². The summed E-state index contributed by atoms with van der Waals surface area (Å²) >= 11 is 0. The second-order valence-electron chi connectivity index (χ2n) is 5.83. The highest BCUT2D eigenvalue weighted by molar-refractivity contribution is 6.39. The fraction of sp³-hybridized carbons (Fsp3) is 0.375. The van der Waals surface area contributed by atoms with Crippen molar-refractivity contribution in [3.8, 4) is 0 Å². The Bertz CT molecular complexity index is 820. The molecule has 0 bridgehead atoms. The Balaban J connectivity index is 1.84. The van der Waals surface area contributed by atoms with Crippen LogP contribution in [0, 0.1) is 12.8 Å². The van der Waals surface area contributed by atoms with Crippen molar-refractivity contribution in [2.24, 2.45) is 15.9 Å². The number of aliphatic imine (C=N–C) groups is 2.